The minimum Gasteiger partial charge on any atom is -0.504 e. The summed E-state index contributed by atoms with van der Waals surface area (Å²) >= 11 is 0. The number of rotatable bonds is 4. The molecule has 1 spiro atoms. The van der Waals surface area contributed by atoms with Crippen LogP contribution >= 0.6 is 0 Å². The van der Waals surface area contributed by atoms with Crippen LogP contribution in [0.3, 0.4) is 0 Å². The van der Waals surface area contributed by atoms with E-state index in [9.17, 15) is 9.90 Å². The number of phenols is 1. The summed E-state index contributed by atoms with van der Waals surface area (Å²) in [4.78, 5) is 14.0. The Morgan fingerprint density at radius 1 is 1.36 bits per heavy atom. The number of methoxy groups -OCH3 is 2. The molecule has 0 amide bonds. The van der Waals surface area contributed by atoms with E-state index in [1.807, 2.05) is 12.1 Å². The molecule has 1 N–H and O–H groups in total. The van der Waals surface area contributed by atoms with Gasteiger partial charge in [-0.15, -0.1) is 0 Å². The van der Waals surface area contributed by atoms with Crippen LogP contribution in [0.1, 0.15) is 24.8 Å². The molecular formula is C17H23NO4. The fourth-order valence-corrected chi connectivity index (χ4v) is 3.61. The van der Waals surface area contributed by atoms with Gasteiger partial charge in [0.15, 0.2) is 11.5 Å². The van der Waals surface area contributed by atoms with Crippen molar-refractivity contribution in [1.29, 1.82) is 0 Å². The molecule has 1 heterocycles. The number of benzene rings is 1. The lowest BCUT2D eigenvalue weighted by atomic mass is 9.90. The Morgan fingerprint density at radius 3 is 2.73 bits per heavy atom. The summed E-state index contributed by atoms with van der Waals surface area (Å²) in [6, 6.07) is 5.48. The summed E-state index contributed by atoms with van der Waals surface area (Å²) in [6.45, 7) is 2.84. The van der Waals surface area contributed by atoms with E-state index < -0.39 is 0 Å². The molecule has 5 heteroatoms. The van der Waals surface area contributed by atoms with Gasteiger partial charge in [-0.1, -0.05) is 6.07 Å². The van der Waals surface area contributed by atoms with Gasteiger partial charge < -0.3 is 14.6 Å². The van der Waals surface area contributed by atoms with Crippen molar-refractivity contribution in [3.8, 4) is 11.5 Å². The maximum atomic E-state index is 11.6. The number of hydrogen-bond acceptors (Lipinski definition) is 5. The lowest BCUT2D eigenvalue weighted by molar-refractivity contribution is -0.143. The van der Waals surface area contributed by atoms with Crippen molar-refractivity contribution in [3.05, 3.63) is 23.8 Å². The van der Waals surface area contributed by atoms with Gasteiger partial charge in [0.25, 0.3) is 0 Å². The number of carbonyl (C=O) groups is 1. The van der Waals surface area contributed by atoms with E-state index in [4.69, 9.17) is 9.47 Å². The molecule has 1 saturated heterocycles. The van der Waals surface area contributed by atoms with Crippen LogP contribution < -0.4 is 4.74 Å². The lowest BCUT2D eigenvalue weighted by Gasteiger charge is -2.32. The first-order valence-electron chi connectivity index (χ1n) is 7.74. The second kappa shape index (κ2) is 5.80. The Morgan fingerprint density at radius 2 is 2.09 bits per heavy atom. The van der Waals surface area contributed by atoms with E-state index >= 15 is 0 Å². The van der Waals surface area contributed by atoms with E-state index in [0.29, 0.717) is 5.75 Å². The monoisotopic (exact) mass is 305 g/mol. The van der Waals surface area contributed by atoms with Crippen LogP contribution in [0.5, 0.6) is 11.5 Å². The number of ether oxygens (including phenoxy) is 2. The van der Waals surface area contributed by atoms with Gasteiger partial charge in [0.1, 0.15) is 0 Å². The first-order valence-corrected chi connectivity index (χ1v) is 7.74. The van der Waals surface area contributed by atoms with Gasteiger partial charge in [0, 0.05) is 6.54 Å². The molecule has 1 saturated carbocycles. The van der Waals surface area contributed by atoms with E-state index in [2.05, 4.69) is 4.90 Å². The van der Waals surface area contributed by atoms with Crippen molar-refractivity contribution >= 4 is 5.97 Å². The molecule has 22 heavy (non-hydrogen) atoms. The number of likely N-dealkylation sites (tertiary alicyclic amines) is 1. The smallest absolute Gasteiger partial charge is 0.309 e. The third-order valence-electron chi connectivity index (χ3n) is 5.18. The van der Waals surface area contributed by atoms with E-state index in [1.165, 1.54) is 7.11 Å². The molecule has 5 nitrogen and oxygen atoms in total. The zero-order valence-electron chi connectivity index (χ0n) is 13.2. The molecule has 2 fully saturated rings. The minimum atomic E-state index is -0.0447. The molecule has 1 aliphatic carbocycles. The van der Waals surface area contributed by atoms with Crippen molar-refractivity contribution in [3.63, 3.8) is 0 Å². The van der Waals surface area contributed by atoms with Crippen LogP contribution in [0, 0.1) is 11.3 Å². The summed E-state index contributed by atoms with van der Waals surface area (Å²) < 4.78 is 10.0. The van der Waals surface area contributed by atoms with E-state index in [-0.39, 0.29) is 23.1 Å². The third kappa shape index (κ3) is 2.77. The molecule has 1 aromatic carbocycles. The van der Waals surface area contributed by atoms with Crippen LogP contribution in [-0.2, 0) is 16.1 Å². The Kier molecular flexibility index (Phi) is 4.00. The average molecular weight is 305 g/mol. The zero-order valence-corrected chi connectivity index (χ0v) is 13.2. The Balaban J connectivity index is 1.56. The summed E-state index contributed by atoms with van der Waals surface area (Å²) in [5.41, 5.74) is 1.34. The van der Waals surface area contributed by atoms with Gasteiger partial charge in [0.2, 0.25) is 0 Å². The number of carbonyl (C=O) groups excluding carboxylic acids is 1. The average Bonchev–Trinajstić information content (AvgIpc) is 3.24. The number of esters is 1. The summed E-state index contributed by atoms with van der Waals surface area (Å²) in [5, 5.41) is 9.64. The van der Waals surface area contributed by atoms with Gasteiger partial charge in [0.05, 0.1) is 20.1 Å². The molecule has 2 aliphatic rings. The highest BCUT2D eigenvalue weighted by Gasteiger charge is 2.59. The van der Waals surface area contributed by atoms with Crippen molar-refractivity contribution in [2.24, 2.45) is 11.3 Å². The summed E-state index contributed by atoms with van der Waals surface area (Å²) in [7, 11) is 3.03. The molecule has 0 bridgehead atoms. The van der Waals surface area contributed by atoms with Gasteiger partial charge in [-0.2, -0.15) is 0 Å². The van der Waals surface area contributed by atoms with Gasteiger partial charge in [-0.25, -0.2) is 0 Å². The second-order valence-corrected chi connectivity index (χ2v) is 6.42. The number of phenolic OH excluding ortho intramolecular Hbond substituents is 1. The standard InChI is InChI=1S/C17H23NO4/c1-21-15-9-12(3-4-14(15)19)11-18-7-5-17(6-8-18)10-13(17)16(20)22-2/h3-4,9,13,19H,5-8,10-11H2,1-2H3. The molecular weight excluding hydrogens is 282 g/mol. The molecule has 1 atom stereocenters. The number of piperidine rings is 1. The first-order chi connectivity index (χ1) is 10.6. The Labute approximate surface area is 130 Å². The topological polar surface area (TPSA) is 59.0 Å². The van der Waals surface area contributed by atoms with E-state index in [1.54, 1.807) is 13.2 Å². The summed E-state index contributed by atoms with van der Waals surface area (Å²) in [6.07, 6.45) is 3.10. The SMILES string of the molecule is COC(=O)C1CC12CCN(Cc1ccc(O)c(OC)c1)CC2. The van der Waals surface area contributed by atoms with Crippen LogP contribution in [0.2, 0.25) is 0 Å². The number of hydrogen-bond donors (Lipinski definition) is 1. The van der Waals surface area contributed by atoms with Crippen LogP contribution in [-0.4, -0.2) is 43.3 Å². The van der Waals surface area contributed by atoms with Crippen molar-refractivity contribution in [1.82, 2.24) is 4.90 Å². The van der Waals surface area contributed by atoms with Gasteiger partial charge in [-0.3, -0.25) is 9.69 Å². The van der Waals surface area contributed by atoms with Crippen LogP contribution in [0.4, 0.5) is 0 Å². The summed E-state index contributed by atoms with van der Waals surface area (Å²) in [5.74, 6) is 0.756. The molecule has 3 rings (SSSR count). The first kappa shape index (κ1) is 15.2. The van der Waals surface area contributed by atoms with Crippen molar-refractivity contribution < 1.29 is 19.4 Å². The fourth-order valence-electron chi connectivity index (χ4n) is 3.61. The highest BCUT2D eigenvalue weighted by Crippen LogP contribution is 2.59. The molecule has 1 aliphatic heterocycles. The minimum absolute atomic E-state index is 0.0447. The lowest BCUT2D eigenvalue weighted by Crippen LogP contribution is -2.35. The van der Waals surface area contributed by atoms with Crippen LogP contribution in [0.25, 0.3) is 0 Å². The predicted molar refractivity (Wildman–Crippen MR) is 81.7 cm³/mol. The maximum absolute atomic E-state index is 11.6. The molecule has 0 radical (unpaired) electrons. The molecule has 120 valence electrons. The van der Waals surface area contributed by atoms with Gasteiger partial charge in [-0.05, 0) is 55.5 Å². The maximum Gasteiger partial charge on any atom is 0.309 e. The highest BCUT2D eigenvalue weighted by molar-refractivity contribution is 5.76. The van der Waals surface area contributed by atoms with Gasteiger partial charge >= 0.3 is 5.97 Å². The van der Waals surface area contributed by atoms with Crippen molar-refractivity contribution in [2.45, 2.75) is 25.8 Å². The number of nitrogens with zero attached hydrogens (tertiary/aromatic N) is 1. The van der Waals surface area contributed by atoms with Crippen LogP contribution in [0.15, 0.2) is 18.2 Å². The normalized spacial score (nSPS) is 23.3. The number of aromatic hydroxyl groups is 1. The molecule has 1 unspecified atom stereocenters. The predicted octanol–water partition coefficient (Wildman–Crippen LogP) is 2.18. The van der Waals surface area contributed by atoms with Crippen molar-refractivity contribution in [2.75, 3.05) is 27.3 Å². The largest absolute Gasteiger partial charge is 0.504 e. The fraction of sp³-hybridized carbons (Fsp3) is 0.588. The Bertz CT molecular complexity index is 564. The quantitative estimate of drug-likeness (QED) is 0.864. The molecule has 1 aromatic rings. The second-order valence-electron chi connectivity index (χ2n) is 6.42. The highest BCUT2D eigenvalue weighted by atomic mass is 16.5. The Hall–Kier alpha value is -1.75. The molecule has 0 aromatic heterocycles. The van der Waals surface area contributed by atoms with E-state index in [0.717, 1.165) is 44.5 Å². The zero-order chi connectivity index (χ0) is 15.7. The third-order valence-corrected chi connectivity index (χ3v) is 5.18.